The Kier molecular flexibility index (Phi) is 3.09. The number of aryl methyl sites for hydroxylation is 1. The molecule has 5 heteroatoms. The SMILES string of the molecule is CC(=O)Nc1cccc2cn(-c3ccc4ccn(C)c4c3)c(O)c12. The summed E-state index contributed by atoms with van der Waals surface area (Å²) in [5.41, 5.74) is 2.56. The fourth-order valence-corrected chi connectivity index (χ4v) is 3.14. The third kappa shape index (κ3) is 2.13. The minimum Gasteiger partial charge on any atom is -0.494 e. The largest absolute Gasteiger partial charge is 0.494 e. The lowest BCUT2D eigenvalue weighted by atomic mass is 10.2. The molecular formula is C19H17N3O2. The van der Waals surface area contributed by atoms with E-state index in [9.17, 15) is 9.90 Å². The maximum atomic E-state index is 11.4. The van der Waals surface area contributed by atoms with E-state index in [0.717, 1.165) is 22.0 Å². The summed E-state index contributed by atoms with van der Waals surface area (Å²) in [6, 6.07) is 13.7. The molecule has 0 saturated carbocycles. The summed E-state index contributed by atoms with van der Waals surface area (Å²) in [6.45, 7) is 1.45. The summed E-state index contributed by atoms with van der Waals surface area (Å²) in [5, 5.41) is 16.2. The number of hydrogen-bond acceptors (Lipinski definition) is 2. The van der Waals surface area contributed by atoms with E-state index in [1.807, 2.05) is 54.3 Å². The van der Waals surface area contributed by atoms with Gasteiger partial charge in [0.2, 0.25) is 11.8 Å². The first-order valence-corrected chi connectivity index (χ1v) is 7.70. The quantitative estimate of drug-likeness (QED) is 0.590. The van der Waals surface area contributed by atoms with Crippen LogP contribution in [0.4, 0.5) is 5.69 Å². The zero-order valence-corrected chi connectivity index (χ0v) is 13.4. The maximum absolute atomic E-state index is 11.4. The highest BCUT2D eigenvalue weighted by molar-refractivity contribution is 6.04. The molecule has 5 nitrogen and oxygen atoms in total. The van der Waals surface area contributed by atoms with Crippen LogP contribution in [-0.2, 0) is 11.8 Å². The lowest BCUT2D eigenvalue weighted by Crippen LogP contribution is -2.05. The molecule has 4 rings (SSSR count). The predicted octanol–water partition coefficient (Wildman–Crippen LogP) is 3.79. The summed E-state index contributed by atoms with van der Waals surface area (Å²) in [7, 11) is 1.99. The van der Waals surface area contributed by atoms with Crippen LogP contribution in [0.15, 0.2) is 54.9 Å². The van der Waals surface area contributed by atoms with Crippen molar-refractivity contribution in [3.05, 3.63) is 54.9 Å². The maximum Gasteiger partial charge on any atom is 0.221 e. The van der Waals surface area contributed by atoms with Gasteiger partial charge in [-0.2, -0.15) is 0 Å². The molecule has 120 valence electrons. The van der Waals surface area contributed by atoms with Gasteiger partial charge < -0.3 is 15.0 Å². The molecule has 0 unspecified atom stereocenters. The Morgan fingerprint density at radius 1 is 1.12 bits per heavy atom. The highest BCUT2D eigenvalue weighted by Gasteiger charge is 2.14. The van der Waals surface area contributed by atoms with Crippen molar-refractivity contribution in [2.75, 3.05) is 5.32 Å². The molecule has 0 radical (unpaired) electrons. The van der Waals surface area contributed by atoms with Gasteiger partial charge >= 0.3 is 0 Å². The van der Waals surface area contributed by atoms with Crippen molar-refractivity contribution < 1.29 is 9.90 Å². The van der Waals surface area contributed by atoms with Gasteiger partial charge in [-0.05, 0) is 29.7 Å². The number of aromatic nitrogens is 2. The Bertz CT molecular complexity index is 1090. The molecule has 0 aliphatic rings. The highest BCUT2D eigenvalue weighted by Crippen LogP contribution is 2.36. The lowest BCUT2D eigenvalue weighted by Gasteiger charge is -2.07. The number of nitrogens with one attached hydrogen (secondary N) is 1. The van der Waals surface area contributed by atoms with E-state index in [0.29, 0.717) is 11.1 Å². The van der Waals surface area contributed by atoms with Gasteiger partial charge in [0.15, 0.2) is 0 Å². The number of anilines is 1. The second-order valence-corrected chi connectivity index (χ2v) is 5.94. The number of fused-ring (bicyclic) bond motifs is 2. The molecule has 0 bridgehead atoms. The van der Waals surface area contributed by atoms with E-state index in [-0.39, 0.29) is 11.8 Å². The first-order chi connectivity index (χ1) is 11.5. The Morgan fingerprint density at radius 2 is 1.96 bits per heavy atom. The summed E-state index contributed by atoms with van der Waals surface area (Å²) in [4.78, 5) is 11.4. The number of carbonyl (C=O) groups is 1. The van der Waals surface area contributed by atoms with Crippen molar-refractivity contribution in [2.45, 2.75) is 6.92 Å². The lowest BCUT2D eigenvalue weighted by molar-refractivity contribution is -0.114. The average molecular weight is 319 g/mol. The fourth-order valence-electron chi connectivity index (χ4n) is 3.14. The zero-order valence-electron chi connectivity index (χ0n) is 13.4. The number of carbonyl (C=O) groups excluding carboxylic acids is 1. The van der Waals surface area contributed by atoms with Crippen LogP contribution in [0.1, 0.15) is 6.92 Å². The second-order valence-electron chi connectivity index (χ2n) is 5.94. The van der Waals surface area contributed by atoms with Crippen LogP contribution in [-0.4, -0.2) is 20.1 Å². The monoisotopic (exact) mass is 319 g/mol. The molecule has 2 aromatic carbocycles. The van der Waals surface area contributed by atoms with Crippen LogP contribution in [0.2, 0.25) is 0 Å². The summed E-state index contributed by atoms with van der Waals surface area (Å²) in [6.07, 6.45) is 3.88. The van der Waals surface area contributed by atoms with E-state index in [1.54, 1.807) is 10.6 Å². The molecule has 2 heterocycles. The Hall–Kier alpha value is -3.21. The molecule has 0 spiro atoms. The molecule has 1 amide bonds. The smallest absolute Gasteiger partial charge is 0.221 e. The summed E-state index contributed by atoms with van der Waals surface area (Å²) in [5.74, 6) is -0.0530. The summed E-state index contributed by atoms with van der Waals surface area (Å²) >= 11 is 0. The number of amides is 1. The zero-order chi connectivity index (χ0) is 16.8. The van der Waals surface area contributed by atoms with Crippen LogP contribution >= 0.6 is 0 Å². The molecule has 24 heavy (non-hydrogen) atoms. The highest BCUT2D eigenvalue weighted by atomic mass is 16.3. The molecule has 0 aliphatic carbocycles. The number of benzene rings is 2. The Labute approximate surface area is 138 Å². The van der Waals surface area contributed by atoms with Crippen molar-refractivity contribution in [1.82, 2.24) is 9.13 Å². The van der Waals surface area contributed by atoms with Gasteiger partial charge in [0.05, 0.1) is 16.8 Å². The predicted molar refractivity (Wildman–Crippen MR) is 95.7 cm³/mol. The number of nitrogens with zero attached hydrogens (tertiary/aromatic N) is 2. The Morgan fingerprint density at radius 3 is 2.75 bits per heavy atom. The molecule has 0 fully saturated rings. The Balaban J connectivity index is 1.94. The van der Waals surface area contributed by atoms with Gasteiger partial charge in [-0.15, -0.1) is 0 Å². The van der Waals surface area contributed by atoms with Gasteiger partial charge in [0.25, 0.3) is 0 Å². The van der Waals surface area contributed by atoms with Crippen molar-refractivity contribution in [1.29, 1.82) is 0 Å². The van der Waals surface area contributed by atoms with Crippen molar-refractivity contribution in [3.8, 4) is 11.6 Å². The van der Waals surface area contributed by atoms with Gasteiger partial charge in [-0.25, -0.2) is 0 Å². The van der Waals surface area contributed by atoms with Gasteiger partial charge in [0, 0.05) is 37.3 Å². The first kappa shape index (κ1) is 14.4. The summed E-state index contributed by atoms with van der Waals surface area (Å²) < 4.78 is 3.78. The standard InChI is InChI=1S/C19H17N3O2/c1-12(23)20-16-5-3-4-14-11-22(19(24)18(14)16)15-7-6-13-8-9-21(2)17(13)10-15/h3-11,24H,1-2H3,(H,20,23). The molecule has 4 aromatic rings. The molecule has 0 atom stereocenters. The second kappa shape index (κ2) is 5.16. The topological polar surface area (TPSA) is 59.2 Å². The minimum absolute atomic E-state index is 0.114. The van der Waals surface area contributed by atoms with Crippen LogP contribution < -0.4 is 5.32 Å². The van der Waals surface area contributed by atoms with Crippen molar-refractivity contribution in [3.63, 3.8) is 0 Å². The number of hydrogen-bond donors (Lipinski definition) is 2. The van der Waals surface area contributed by atoms with Crippen molar-refractivity contribution in [2.24, 2.45) is 7.05 Å². The van der Waals surface area contributed by atoms with E-state index >= 15 is 0 Å². The number of aromatic hydroxyl groups is 1. The van der Waals surface area contributed by atoms with Gasteiger partial charge in [-0.3, -0.25) is 9.36 Å². The van der Waals surface area contributed by atoms with Gasteiger partial charge in [0.1, 0.15) is 0 Å². The van der Waals surface area contributed by atoms with Crippen LogP contribution in [0, 0.1) is 0 Å². The normalized spacial score (nSPS) is 11.2. The third-order valence-corrected chi connectivity index (χ3v) is 4.28. The fraction of sp³-hybridized carbons (Fsp3) is 0.105. The van der Waals surface area contributed by atoms with Crippen LogP contribution in [0.25, 0.3) is 27.4 Å². The molecule has 2 N–H and O–H groups in total. The first-order valence-electron chi connectivity index (χ1n) is 7.70. The van der Waals surface area contributed by atoms with Crippen molar-refractivity contribution >= 4 is 33.3 Å². The third-order valence-electron chi connectivity index (χ3n) is 4.28. The molecule has 0 aliphatic heterocycles. The van der Waals surface area contributed by atoms with E-state index in [2.05, 4.69) is 11.4 Å². The average Bonchev–Trinajstić information content (AvgIpc) is 3.08. The van der Waals surface area contributed by atoms with E-state index < -0.39 is 0 Å². The van der Waals surface area contributed by atoms with E-state index in [1.165, 1.54) is 6.92 Å². The van der Waals surface area contributed by atoms with Crippen LogP contribution in [0.3, 0.4) is 0 Å². The van der Waals surface area contributed by atoms with Gasteiger partial charge in [-0.1, -0.05) is 18.2 Å². The van der Waals surface area contributed by atoms with E-state index in [4.69, 9.17) is 0 Å². The molecular weight excluding hydrogens is 302 g/mol. The molecule has 2 aromatic heterocycles. The minimum atomic E-state index is -0.167. The molecule has 0 saturated heterocycles. The number of rotatable bonds is 2. The van der Waals surface area contributed by atoms with Crippen LogP contribution in [0.5, 0.6) is 5.88 Å².